The molecule has 0 aliphatic heterocycles. The zero-order chi connectivity index (χ0) is 11.0. The highest BCUT2D eigenvalue weighted by atomic mass is 14.7. The van der Waals surface area contributed by atoms with Crippen LogP contribution in [0.1, 0.15) is 30.1 Å². The Morgan fingerprint density at radius 2 is 1.75 bits per heavy atom. The van der Waals surface area contributed by atoms with Crippen LogP contribution < -0.4 is 0 Å². The summed E-state index contributed by atoms with van der Waals surface area (Å²) in [6.45, 7) is 2.08. The highest BCUT2D eigenvalue weighted by molar-refractivity contribution is 5.64. The van der Waals surface area contributed by atoms with Crippen molar-refractivity contribution in [3.8, 4) is 11.1 Å². The quantitative estimate of drug-likeness (QED) is 0.730. The van der Waals surface area contributed by atoms with E-state index < -0.39 is 0 Å². The maximum absolute atomic E-state index is 4.62. The summed E-state index contributed by atoms with van der Waals surface area (Å²) in [5.41, 5.74) is 4.99. The van der Waals surface area contributed by atoms with Crippen molar-refractivity contribution in [1.82, 2.24) is 4.98 Å². The minimum Gasteiger partial charge on any atom is -0.258 e. The smallest absolute Gasteiger partial charge is 0.0443 e. The van der Waals surface area contributed by atoms with Crippen LogP contribution in [0, 0.1) is 6.92 Å². The lowest BCUT2D eigenvalue weighted by Crippen LogP contribution is -1.91. The van der Waals surface area contributed by atoms with Gasteiger partial charge in [0.15, 0.2) is 0 Å². The van der Waals surface area contributed by atoms with Crippen LogP contribution in [0.4, 0.5) is 0 Å². The number of aryl methyl sites for hydroxylation is 1. The first-order valence-electron chi connectivity index (χ1n) is 5.87. The second-order valence-electron chi connectivity index (χ2n) is 4.56. The summed E-state index contributed by atoms with van der Waals surface area (Å²) in [6.07, 6.45) is 2.62. The van der Waals surface area contributed by atoms with Crippen LogP contribution in [0.25, 0.3) is 11.1 Å². The SMILES string of the molecule is Cc1cc(-c2ccccc2)cc(C2CC2)n1. The van der Waals surface area contributed by atoms with Crippen LogP contribution in [0.15, 0.2) is 42.5 Å². The lowest BCUT2D eigenvalue weighted by atomic mass is 10.0. The van der Waals surface area contributed by atoms with Gasteiger partial charge in [0.05, 0.1) is 0 Å². The van der Waals surface area contributed by atoms with Gasteiger partial charge in [-0.1, -0.05) is 30.3 Å². The normalized spacial score (nSPS) is 15.1. The van der Waals surface area contributed by atoms with E-state index in [1.54, 1.807) is 0 Å². The summed E-state index contributed by atoms with van der Waals surface area (Å²) in [5.74, 6) is 0.724. The van der Waals surface area contributed by atoms with Crippen LogP contribution in [-0.2, 0) is 0 Å². The van der Waals surface area contributed by atoms with Gasteiger partial charge in [0, 0.05) is 17.3 Å². The Morgan fingerprint density at radius 1 is 1.00 bits per heavy atom. The number of aromatic nitrogens is 1. The molecule has 0 bridgehead atoms. The Hall–Kier alpha value is -1.63. The fourth-order valence-corrected chi connectivity index (χ4v) is 2.08. The minimum atomic E-state index is 0.724. The van der Waals surface area contributed by atoms with Gasteiger partial charge in [-0.15, -0.1) is 0 Å². The van der Waals surface area contributed by atoms with E-state index in [0.29, 0.717) is 0 Å². The van der Waals surface area contributed by atoms with Crippen molar-refractivity contribution in [2.45, 2.75) is 25.7 Å². The number of hydrogen-bond donors (Lipinski definition) is 0. The van der Waals surface area contributed by atoms with E-state index in [9.17, 15) is 0 Å². The topological polar surface area (TPSA) is 12.9 Å². The molecule has 0 radical (unpaired) electrons. The molecule has 16 heavy (non-hydrogen) atoms. The first-order chi connectivity index (χ1) is 7.83. The second kappa shape index (κ2) is 3.75. The summed E-state index contributed by atoms with van der Waals surface area (Å²) < 4.78 is 0. The third-order valence-corrected chi connectivity index (χ3v) is 3.08. The Bertz CT molecular complexity index is 498. The molecule has 0 spiro atoms. The monoisotopic (exact) mass is 209 g/mol. The molecule has 1 heterocycles. The number of pyridine rings is 1. The standard InChI is InChI=1S/C15H15N/c1-11-9-14(12-5-3-2-4-6-12)10-15(16-11)13-7-8-13/h2-6,9-10,13H,7-8H2,1H3. The molecule has 1 aromatic heterocycles. The molecule has 1 nitrogen and oxygen atoms in total. The fraction of sp³-hybridized carbons (Fsp3) is 0.267. The molecule has 1 heteroatoms. The molecule has 1 fully saturated rings. The van der Waals surface area contributed by atoms with Crippen molar-refractivity contribution in [1.29, 1.82) is 0 Å². The maximum Gasteiger partial charge on any atom is 0.0443 e. The number of rotatable bonds is 2. The molecule has 2 aromatic rings. The van der Waals surface area contributed by atoms with Gasteiger partial charge in [-0.05, 0) is 43.0 Å². The van der Waals surface area contributed by atoms with E-state index >= 15 is 0 Å². The zero-order valence-corrected chi connectivity index (χ0v) is 9.48. The van der Waals surface area contributed by atoms with Gasteiger partial charge in [0.2, 0.25) is 0 Å². The van der Waals surface area contributed by atoms with Crippen molar-refractivity contribution in [3.05, 3.63) is 53.9 Å². The maximum atomic E-state index is 4.62. The van der Waals surface area contributed by atoms with E-state index in [-0.39, 0.29) is 0 Å². The van der Waals surface area contributed by atoms with Crippen LogP contribution in [-0.4, -0.2) is 4.98 Å². The van der Waals surface area contributed by atoms with E-state index in [1.165, 1.54) is 29.7 Å². The van der Waals surface area contributed by atoms with Gasteiger partial charge in [-0.3, -0.25) is 4.98 Å². The molecule has 0 N–H and O–H groups in total. The van der Waals surface area contributed by atoms with Gasteiger partial charge in [-0.25, -0.2) is 0 Å². The molecule has 80 valence electrons. The summed E-state index contributed by atoms with van der Waals surface area (Å²) in [5, 5.41) is 0. The molecule has 1 saturated carbocycles. The van der Waals surface area contributed by atoms with Crippen molar-refractivity contribution in [2.75, 3.05) is 0 Å². The molecule has 3 rings (SSSR count). The third-order valence-electron chi connectivity index (χ3n) is 3.08. The Kier molecular flexibility index (Phi) is 2.24. The van der Waals surface area contributed by atoms with E-state index in [4.69, 9.17) is 0 Å². The van der Waals surface area contributed by atoms with Gasteiger partial charge in [0.25, 0.3) is 0 Å². The summed E-state index contributed by atoms with van der Waals surface area (Å²) >= 11 is 0. The molecule has 1 aliphatic rings. The van der Waals surface area contributed by atoms with Gasteiger partial charge in [0.1, 0.15) is 0 Å². The molecule has 1 aliphatic carbocycles. The van der Waals surface area contributed by atoms with E-state index in [1.807, 2.05) is 0 Å². The van der Waals surface area contributed by atoms with Crippen LogP contribution in [0.2, 0.25) is 0 Å². The summed E-state index contributed by atoms with van der Waals surface area (Å²) in [6, 6.07) is 15.0. The second-order valence-corrected chi connectivity index (χ2v) is 4.56. The number of benzene rings is 1. The molecule has 1 aromatic carbocycles. The van der Waals surface area contributed by atoms with Gasteiger partial charge >= 0.3 is 0 Å². The highest BCUT2D eigenvalue weighted by Crippen LogP contribution is 2.40. The average Bonchev–Trinajstić information content (AvgIpc) is 3.13. The van der Waals surface area contributed by atoms with E-state index in [2.05, 4.69) is 54.4 Å². The fourth-order valence-electron chi connectivity index (χ4n) is 2.08. The zero-order valence-electron chi connectivity index (χ0n) is 9.48. The van der Waals surface area contributed by atoms with Crippen molar-refractivity contribution in [2.24, 2.45) is 0 Å². The molecule has 0 amide bonds. The minimum absolute atomic E-state index is 0.724. The molecule has 0 atom stereocenters. The largest absolute Gasteiger partial charge is 0.258 e. The number of hydrogen-bond acceptors (Lipinski definition) is 1. The first-order valence-corrected chi connectivity index (χ1v) is 5.87. The van der Waals surface area contributed by atoms with Crippen LogP contribution in [0.3, 0.4) is 0 Å². The van der Waals surface area contributed by atoms with Crippen LogP contribution in [0.5, 0.6) is 0 Å². The first kappa shape index (κ1) is 9.59. The van der Waals surface area contributed by atoms with E-state index in [0.717, 1.165) is 11.6 Å². The lowest BCUT2D eigenvalue weighted by molar-refractivity contribution is 0.996. The summed E-state index contributed by atoms with van der Waals surface area (Å²) in [7, 11) is 0. The lowest BCUT2D eigenvalue weighted by Gasteiger charge is -2.06. The molecule has 0 saturated heterocycles. The van der Waals surface area contributed by atoms with Crippen molar-refractivity contribution >= 4 is 0 Å². The Balaban J connectivity index is 2.06. The molecular weight excluding hydrogens is 194 g/mol. The van der Waals surface area contributed by atoms with Crippen molar-refractivity contribution in [3.63, 3.8) is 0 Å². The molecular formula is C15H15N. The average molecular weight is 209 g/mol. The highest BCUT2D eigenvalue weighted by Gasteiger charge is 2.25. The number of nitrogens with zero attached hydrogens (tertiary/aromatic N) is 1. The van der Waals surface area contributed by atoms with Gasteiger partial charge in [-0.2, -0.15) is 0 Å². The van der Waals surface area contributed by atoms with Crippen LogP contribution >= 0.6 is 0 Å². The van der Waals surface area contributed by atoms with Gasteiger partial charge < -0.3 is 0 Å². The predicted molar refractivity (Wildman–Crippen MR) is 66.4 cm³/mol. The van der Waals surface area contributed by atoms with Crippen molar-refractivity contribution < 1.29 is 0 Å². The Morgan fingerprint density at radius 3 is 2.44 bits per heavy atom. The summed E-state index contributed by atoms with van der Waals surface area (Å²) in [4.78, 5) is 4.62. The Labute approximate surface area is 96.2 Å². The predicted octanol–water partition coefficient (Wildman–Crippen LogP) is 3.93. The third kappa shape index (κ3) is 1.85. The molecule has 0 unspecified atom stereocenters.